The average Bonchev–Trinajstić information content (AvgIpc) is 2.65. The van der Waals surface area contributed by atoms with E-state index < -0.39 is 10.0 Å². The molecule has 0 spiro atoms. The van der Waals surface area contributed by atoms with Gasteiger partial charge in [-0.1, -0.05) is 0 Å². The summed E-state index contributed by atoms with van der Waals surface area (Å²) < 4.78 is 26.4. The maximum atomic E-state index is 11.8. The lowest BCUT2D eigenvalue weighted by Crippen LogP contribution is -2.34. The Labute approximate surface area is 97.2 Å². The molecular formula is C11H20N2O2S. The summed E-state index contributed by atoms with van der Waals surface area (Å²) in [4.78, 5) is 0. The van der Waals surface area contributed by atoms with Crippen LogP contribution in [0.2, 0.25) is 0 Å². The van der Waals surface area contributed by atoms with Gasteiger partial charge in [0.1, 0.15) is 0 Å². The third-order valence-corrected chi connectivity index (χ3v) is 6.04. The number of sulfonamides is 1. The summed E-state index contributed by atoms with van der Waals surface area (Å²) in [6.45, 7) is 0.532. The summed E-state index contributed by atoms with van der Waals surface area (Å²) in [7, 11) is -1.27. The topological polar surface area (TPSA) is 58.2 Å². The molecule has 3 aliphatic rings. The Morgan fingerprint density at radius 3 is 2.38 bits per heavy atom. The standard InChI is InChI=1S/C11H20N2O2S/c1-12-4-5-16(14,15)13-11-9-7-2-3-8(6-7)10(9)11/h7-13H,2-6H2,1H3. The molecule has 2 bridgehead atoms. The van der Waals surface area contributed by atoms with Crippen molar-refractivity contribution in [2.24, 2.45) is 23.7 Å². The lowest BCUT2D eigenvalue weighted by atomic mass is 10.0. The molecule has 0 aromatic carbocycles. The molecular weight excluding hydrogens is 224 g/mol. The van der Waals surface area contributed by atoms with E-state index in [1.807, 2.05) is 0 Å². The fraction of sp³-hybridized carbons (Fsp3) is 1.00. The zero-order valence-corrected chi connectivity index (χ0v) is 10.5. The minimum absolute atomic E-state index is 0.203. The first kappa shape index (κ1) is 11.0. The molecule has 5 heteroatoms. The normalized spacial score (nSPS) is 44.7. The number of hydrogen-bond donors (Lipinski definition) is 2. The SMILES string of the molecule is CNCCS(=O)(=O)NC1C2C3CCC(C3)C12. The van der Waals surface area contributed by atoms with E-state index in [1.165, 1.54) is 19.3 Å². The van der Waals surface area contributed by atoms with Crippen LogP contribution < -0.4 is 10.0 Å². The Morgan fingerprint density at radius 1 is 1.19 bits per heavy atom. The highest BCUT2D eigenvalue weighted by molar-refractivity contribution is 7.89. The van der Waals surface area contributed by atoms with E-state index in [0.717, 1.165) is 11.8 Å². The van der Waals surface area contributed by atoms with E-state index in [-0.39, 0.29) is 11.8 Å². The van der Waals surface area contributed by atoms with Crippen LogP contribution in [0.1, 0.15) is 19.3 Å². The van der Waals surface area contributed by atoms with Crippen molar-refractivity contribution in [2.45, 2.75) is 25.3 Å². The van der Waals surface area contributed by atoms with Gasteiger partial charge in [-0.25, -0.2) is 13.1 Å². The van der Waals surface area contributed by atoms with E-state index in [4.69, 9.17) is 0 Å². The number of hydrogen-bond acceptors (Lipinski definition) is 3. The minimum atomic E-state index is -3.05. The van der Waals surface area contributed by atoms with Gasteiger partial charge in [0.25, 0.3) is 0 Å². The molecule has 16 heavy (non-hydrogen) atoms. The molecule has 0 amide bonds. The van der Waals surface area contributed by atoms with Crippen molar-refractivity contribution < 1.29 is 8.42 Å². The van der Waals surface area contributed by atoms with Gasteiger partial charge in [-0.3, -0.25) is 0 Å². The van der Waals surface area contributed by atoms with Crippen molar-refractivity contribution in [3.05, 3.63) is 0 Å². The molecule has 3 aliphatic carbocycles. The average molecular weight is 244 g/mol. The molecule has 3 rings (SSSR count). The van der Waals surface area contributed by atoms with Crippen molar-refractivity contribution >= 4 is 10.0 Å². The zero-order valence-electron chi connectivity index (χ0n) is 9.65. The van der Waals surface area contributed by atoms with Gasteiger partial charge >= 0.3 is 0 Å². The number of nitrogens with one attached hydrogen (secondary N) is 2. The smallest absolute Gasteiger partial charge is 0.213 e. The van der Waals surface area contributed by atoms with E-state index in [2.05, 4.69) is 10.0 Å². The van der Waals surface area contributed by atoms with Crippen LogP contribution in [0.5, 0.6) is 0 Å². The Hall–Kier alpha value is -0.130. The van der Waals surface area contributed by atoms with Crippen LogP contribution >= 0.6 is 0 Å². The van der Waals surface area contributed by atoms with Crippen molar-refractivity contribution in [3.8, 4) is 0 Å². The molecule has 4 unspecified atom stereocenters. The molecule has 3 fully saturated rings. The molecule has 4 nitrogen and oxygen atoms in total. The summed E-state index contributed by atoms with van der Waals surface area (Å²) in [6.07, 6.45) is 4.03. The summed E-state index contributed by atoms with van der Waals surface area (Å²) >= 11 is 0. The third kappa shape index (κ3) is 1.69. The van der Waals surface area contributed by atoms with Gasteiger partial charge in [-0.2, -0.15) is 0 Å². The molecule has 0 aromatic heterocycles. The van der Waals surface area contributed by atoms with Crippen LogP contribution in [-0.4, -0.2) is 33.8 Å². The Morgan fingerprint density at radius 2 is 1.81 bits per heavy atom. The molecule has 0 saturated heterocycles. The second kappa shape index (κ2) is 3.68. The molecule has 0 aliphatic heterocycles. The highest BCUT2D eigenvalue weighted by Crippen LogP contribution is 2.65. The molecule has 3 saturated carbocycles. The van der Waals surface area contributed by atoms with Gasteiger partial charge in [0.2, 0.25) is 10.0 Å². The first-order chi connectivity index (χ1) is 7.62. The lowest BCUT2D eigenvalue weighted by molar-refractivity contribution is 0.456. The van der Waals surface area contributed by atoms with Crippen molar-refractivity contribution in [2.75, 3.05) is 19.3 Å². The summed E-state index contributed by atoms with van der Waals surface area (Å²) in [5.41, 5.74) is 0. The maximum Gasteiger partial charge on any atom is 0.213 e. The van der Waals surface area contributed by atoms with Gasteiger partial charge in [0, 0.05) is 12.6 Å². The highest BCUT2D eigenvalue weighted by atomic mass is 32.2. The molecule has 92 valence electrons. The van der Waals surface area contributed by atoms with Crippen LogP contribution in [0, 0.1) is 23.7 Å². The van der Waals surface area contributed by atoms with Crippen LogP contribution in [0.3, 0.4) is 0 Å². The number of rotatable bonds is 5. The van der Waals surface area contributed by atoms with E-state index in [1.54, 1.807) is 7.05 Å². The highest BCUT2D eigenvalue weighted by Gasteiger charge is 2.65. The summed E-state index contributed by atoms with van der Waals surface area (Å²) in [6, 6.07) is 0.285. The van der Waals surface area contributed by atoms with Crippen LogP contribution in [-0.2, 0) is 10.0 Å². The summed E-state index contributed by atoms with van der Waals surface area (Å²) in [5, 5.41) is 2.88. The van der Waals surface area contributed by atoms with E-state index >= 15 is 0 Å². The first-order valence-electron chi connectivity index (χ1n) is 6.27. The fourth-order valence-corrected chi connectivity index (χ4v) is 5.31. The van der Waals surface area contributed by atoms with Crippen LogP contribution in [0.4, 0.5) is 0 Å². The minimum Gasteiger partial charge on any atom is -0.319 e. The second-order valence-corrected chi connectivity index (χ2v) is 7.43. The largest absolute Gasteiger partial charge is 0.319 e. The van der Waals surface area contributed by atoms with Crippen LogP contribution in [0.25, 0.3) is 0 Å². The van der Waals surface area contributed by atoms with Crippen molar-refractivity contribution in [3.63, 3.8) is 0 Å². The molecule has 4 atom stereocenters. The van der Waals surface area contributed by atoms with Gasteiger partial charge in [0.15, 0.2) is 0 Å². The first-order valence-corrected chi connectivity index (χ1v) is 7.92. The Bertz CT molecular complexity index is 365. The third-order valence-electron chi connectivity index (χ3n) is 4.67. The van der Waals surface area contributed by atoms with E-state index in [0.29, 0.717) is 18.4 Å². The Kier molecular flexibility index (Phi) is 2.53. The van der Waals surface area contributed by atoms with Crippen molar-refractivity contribution in [1.82, 2.24) is 10.0 Å². The summed E-state index contributed by atoms with van der Waals surface area (Å²) in [5.74, 6) is 3.22. The van der Waals surface area contributed by atoms with Gasteiger partial charge < -0.3 is 5.32 Å². The second-order valence-electron chi connectivity index (χ2n) is 5.55. The van der Waals surface area contributed by atoms with E-state index in [9.17, 15) is 8.42 Å². The molecule has 0 heterocycles. The van der Waals surface area contributed by atoms with Gasteiger partial charge in [-0.05, 0) is 50.0 Å². The predicted octanol–water partition coefficient (Wildman–Crippen LogP) is 0.170. The lowest BCUT2D eigenvalue weighted by Gasteiger charge is -2.10. The van der Waals surface area contributed by atoms with Crippen LogP contribution in [0.15, 0.2) is 0 Å². The molecule has 0 radical (unpaired) electrons. The quantitative estimate of drug-likeness (QED) is 0.725. The molecule has 2 N–H and O–H groups in total. The monoisotopic (exact) mass is 244 g/mol. The van der Waals surface area contributed by atoms with Gasteiger partial charge in [-0.15, -0.1) is 0 Å². The molecule has 0 aromatic rings. The number of fused-ring (bicyclic) bond motifs is 5. The van der Waals surface area contributed by atoms with Crippen molar-refractivity contribution in [1.29, 1.82) is 0 Å². The Balaban J connectivity index is 1.58. The predicted molar refractivity (Wildman–Crippen MR) is 62.4 cm³/mol. The maximum absolute atomic E-state index is 11.8. The van der Waals surface area contributed by atoms with Gasteiger partial charge in [0.05, 0.1) is 5.75 Å². The fourth-order valence-electron chi connectivity index (χ4n) is 3.99. The zero-order chi connectivity index (χ0) is 11.3.